The molecule has 0 radical (unpaired) electrons. The number of carbonyl (C=O) groups is 2. The highest BCUT2D eigenvalue weighted by atomic mass is 32.2. The minimum absolute atomic E-state index is 0.00756. The number of aliphatic carboxylic acids is 1. The van der Waals surface area contributed by atoms with E-state index >= 15 is 0 Å². The maximum Gasteiger partial charge on any atom is 0.411 e. The highest BCUT2D eigenvalue weighted by Crippen LogP contribution is 2.26. The first-order chi connectivity index (χ1) is 13.1. The monoisotopic (exact) mass is 426 g/mol. The molecule has 1 aliphatic rings. The van der Waals surface area contributed by atoms with E-state index in [1.165, 1.54) is 12.1 Å². The van der Waals surface area contributed by atoms with E-state index in [4.69, 9.17) is 4.74 Å². The van der Waals surface area contributed by atoms with E-state index in [0.717, 1.165) is 14.8 Å². The van der Waals surface area contributed by atoms with Gasteiger partial charge >= 0.3 is 12.1 Å². The van der Waals surface area contributed by atoms with Crippen LogP contribution in [0.15, 0.2) is 29.2 Å². The highest BCUT2D eigenvalue weighted by molar-refractivity contribution is 7.89. The van der Waals surface area contributed by atoms with Gasteiger partial charge in [-0.05, 0) is 43.9 Å². The summed E-state index contributed by atoms with van der Waals surface area (Å²) in [6.45, 7) is 10.7. The van der Waals surface area contributed by atoms with E-state index < -0.39 is 33.7 Å². The molecular formula is C20H30N2O6S. The topological polar surface area (TPSA) is 104 Å². The van der Waals surface area contributed by atoms with Crippen molar-refractivity contribution in [2.24, 2.45) is 0 Å². The molecule has 0 aliphatic carbocycles. The molecule has 29 heavy (non-hydrogen) atoms. The molecular weight excluding hydrogens is 396 g/mol. The van der Waals surface area contributed by atoms with Gasteiger partial charge in [0, 0.05) is 19.6 Å². The second-order valence-electron chi connectivity index (χ2n) is 9.17. The second kappa shape index (κ2) is 7.95. The van der Waals surface area contributed by atoms with Gasteiger partial charge in [0.25, 0.3) is 0 Å². The molecule has 1 heterocycles. The number of carboxylic acids is 1. The molecule has 1 fully saturated rings. The Balaban J connectivity index is 2.24. The SMILES string of the molecule is CC(C)(C)OC(=O)N1CCN(S(=O)(=O)c2ccc(C(C)(C)C)cc2)CC1C(=O)O. The third-order valence-corrected chi connectivity index (χ3v) is 6.49. The van der Waals surface area contributed by atoms with Crippen molar-refractivity contribution >= 4 is 22.1 Å². The van der Waals surface area contributed by atoms with Crippen LogP contribution in [-0.2, 0) is 25.0 Å². The zero-order chi connectivity index (χ0) is 22.2. The van der Waals surface area contributed by atoms with Gasteiger partial charge in [0.15, 0.2) is 0 Å². The molecule has 8 nitrogen and oxygen atoms in total. The van der Waals surface area contributed by atoms with Crippen LogP contribution >= 0.6 is 0 Å². The zero-order valence-electron chi connectivity index (χ0n) is 17.8. The lowest BCUT2D eigenvalue weighted by molar-refractivity contribution is -0.144. The van der Waals surface area contributed by atoms with Crippen molar-refractivity contribution in [2.75, 3.05) is 19.6 Å². The lowest BCUT2D eigenvalue weighted by Crippen LogP contribution is -2.59. The third kappa shape index (κ3) is 5.48. The van der Waals surface area contributed by atoms with Crippen LogP contribution < -0.4 is 0 Å². The van der Waals surface area contributed by atoms with Crippen molar-refractivity contribution in [3.8, 4) is 0 Å². The number of carboxylic acid groups (broad SMARTS) is 1. The number of piperazine rings is 1. The van der Waals surface area contributed by atoms with Gasteiger partial charge in [0.05, 0.1) is 4.90 Å². The minimum Gasteiger partial charge on any atom is -0.480 e. The van der Waals surface area contributed by atoms with Crippen molar-refractivity contribution in [2.45, 2.75) is 63.5 Å². The number of rotatable bonds is 3. The van der Waals surface area contributed by atoms with E-state index in [1.54, 1.807) is 32.9 Å². The predicted molar refractivity (Wildman–Crippen MR) is 108 cm³/mol. The third-order valence-electron chi connectivity index (χ3n) is 4.61. The zero-order valence-corrected chi connectivity index (χ0v) is 18.6. The van der Waals surface area contributed by atoms with Crippen LogP contribution in [0, 0.1) is 0 Å². The van der Waals surface area contributed by atoms with E-state index in [2.05, 4.69) is 0 Å². The van der Waals surface area contributed by atoms with Crippen LogP contribution in [-0.4, -0.2) is 66.1 Å². The van der Waals surface area contributed by atoms with E-state index in [9.17, 15) is 23.1 Å². The van der Waals surface area contributed by atoms with Crippen LogP contribution in [0.4, 0.5) is 4.79 Å². The second-order valence-corrected chi connectivity index (χ2v) is 11.1. The van der Waals surface area contributed by atoms with Gasteiger partial charge in [0.2, 0.25) is 10.0 Å². The summed E-state index contributed by atoms with van der Waals surface area (Å²) in [5.74, 6) is -1.28. The van der Waals surface area contributed by atoms with Gasteiger partial charge in [-0.15, -0.1) is 0 Å². The van der Waals surface area contributed by atoms with Crippen LogP contribution in [0.5, 0.6) is 0 Å². The first-order valence-electron chi connectivity index (χ1n) is 9.46. The Morgan fingerprint density at radius 2 is 1.59 bits per heavy atom. The summed E-state index contributed by atoms with van der Waals surface area (Å²) in [6, 6.07) is 5.27. The fourth-order valence-corrected chi connectivity index (χ4v) is 4.44. The average molecular weight is 427 g/mol. The van der Waals surface area contributed by atoms with Gasteiger partial charge in [-0.1, -0.05) is 32.9 Å². The van der Waals surface area contributed by atoms with Gasteiger partial charge in [-0.25, -0.2) is 18.0 Å². The summed E-state index contributed by atoms with van der Waals surface area (Å²) in [7, 11) is -3.88. The molecule has 0 saturated carbocycles. The number of benzene rings is 1. The van der Waals surface area contributed by atoms with Gasteiger partial charge in [-0.2, -0.15) is 4.31 Å². The summed E-state index contributed by atoms with van der Waals surface area (Å²) in [4.78, 5) is 25.3. The molecule has 1 amide bonds. The molecule has 162 valence electrons. The Kier molecular flexibility index (Phi) is 6.34. The van der Waals surface area contributed by atoms with Crippen LogP contribution in [0.3, 0.4) is 0 Å². The smallest absolute Gasteiger partial charge is 0.411 e. The lowest BCUT2D eigenvalue weighted by atomic mass is 9.87. The molecule has 1 N–H and O–H groups in total. The molecule has 1 atom stereocenters. The molecule has 1 aromatic carbocycles. The number of carbonyl (C=O) groups excluding carboxylic acids is 1. The van der Waals surface area contributed by atoms with Gasteiger partial charge < -0.3 is 9.84 Å². The lowest BCUT2D eigenvalue weighted by Gasteiger charge is -2.39. The first-order valence-corrected chi connectivity index (χ1v) is 10.9. The van der Waals surface area contributed by atoms with E-state index in [0.29, 0.717) is 0 Å². The molecule has 1 unspecified atom stereocenters. The molecule has 1 aliphatic heterocycles. The maximum absolute atomic E-state index is 13.0. The van der Waals surface area contributed by atoms with E-state index in [1.807, 2.05) is 20.8 Å². The Labute approximate surface area is 172 Å². The minimum atomic E-state index is -3.88. The molecule has 9 heteroatoms. The Morgan fingerprint density at radius 3 is 2.03 bits per heavy atom. The molecule has 1 aromatic rings. The summed E-state index contributed by atoms with van der Waals surface area (Å²) < 4.78 is 32.4. The normalized spacial score (nSPS) is 19.1. The highest BCUT2D eigenvalue weighted by Gasteiger charge is 2.41. The number of sulfonamides is 1. The van der Waals surface area contributed by atoms with Crippen LogP contribution in [0.2, 0.25) is 0 Å². The molecule has 0 aromatic heterocycles. The van der Waals surface area contributed by atoms with Crippen molar-refractivity contribution < 1.29 is 27.9 Å². The first kappa shape index (κ1) is 23.2. The summed E-state index contributed by atoms with van der Waals surface area (Å²) in [6.07, 6.45) is -0.767. The molecule has 2 rings (SSSR count). The summed E-state index contributed by atoms with van der Waals surface area (Å²) >= 11 is 0. The van der Waals surface area contributed by atoms with Crippen LogP contribution in [0.25, 0.3) is 0 Å². The van der Waals surface area contributed by atoms with Crippen LogP contribution in [0.1, 0.15) is 47.1 Å². The molecule has 0 bridgehead atoms. The van der Waals surface area contributed by atoms with E-state index in [-0.39, 0.29) is 29.9 Å². The molecule has 0 spiro atoms. The van der Waals surface area contributed by atoms with Gasteiger partial charge in [0.1, 0.15) is 11.6 Å². The molecule has 1 saturated heterocycles. The maximum atomic E-state index is 13.0. The predicted octanol–water partition coefficient (Wildman–Crippen LogP) is 2.68. The average Bonchev–Trinajstić information content (AvgIpc) is 2.59. The Bertz CT molecular complexity index is 866. The number of hydrogen-bond acceptors (Lipinski definition) is 5. The summed E-state index contributed by atoms with van der Waals surface area (Å²) in [5.41, 5.74) is 0.100. The summed E-state index contributed by atoms with van der Waals surface area (Å²) in [5, 5.41) is 9.56. The van der Waals surface area contributed by atoms with Crippen molar-refractivity contribution in [1.82, 2.24) is 9.21 Å². The number of ether oxygens (including phenoxy) is 1. The Morgan fingerprint density at radius 1 is 1.03 bits per heavy atom. The standard InChI is InChI=1S/C20H30N2O6S/c1-19(2,3)14-7-9-15(10-8-14)29(26,27)21-11-12-22(16(13-21)17(23)24)18(25)28-20(4,5)6/h7-10,16H,11-13H2,1-6H3,(H,23,24). The fourth-order valence-electron chi connectivity index (χ4n) is 3.00. The van der Waals surface area contributed by atoms with Gasteiger partial charge in [-0.3, -0.25) is 4.90 Å². The van der Waals surface area contributed by atoms with Crippen molar-refractivity contribution in [1.29, 1.82) is 0 Å². The number of hydrogen-bond donors (Lipinski definition) is 1. The van der Waals surface area contributed by atoms with Crippen molar-refractivity contribution in [3.05, 3.63) is 29.8 Å². The van der Waals surface area contributed by atoms with Crippen molar-refractivity contribution in [3.63, 3.8) is 0 Å². The largest absolute Gasteiger partial charge is 0.480 e. The number of nitrogens with zero attached hydrogens (tertiary/aromatic N) is 2. The Hall–Kier alpha value is -2.13. The quantitative estimate of drug-likeness (QED) is 0.797. The fraction of sp³-hybridized carbons (Fsp3) is 0.600. The number of amides is 1.